The Labute approximate surface area is 98.7 Å². The molecule has 4 nitrogen and oxygen atoms in total. The lowest BCUT2D eigenvalue weighted by molar-refractivity contribution is 0.0691. The molecule has 0 bridgehead atoms. The number of likely N-dealkylation sites (tertiary alicyclic amines) is 1. The average molecular weight is 233 g/mol. The first kappa shape index (κ1) is 11.5. The van der Waals surface area contributed by atoms with Crippen molar-refractivity contribution in [2.45, 2.75) is 12.8 Å². The Hall–Kier alpha value is -1.96. The van der Waals surface area contributed by atoms with Crippen molar-refractivity contribution in [3.63, 3.8) is 0 Å². The van der Waals surface area contributed by atoms with Crippen LogP contribution in [0.15, 0.2) is 18.2 Å². The molecule has 1 aromatic rings. The van der Waals surface area contributed by atoms with Crippen molar-refractivity contribution in [3.05, 3.63) is 29.8 Å². The van der Waals surface area contributed by atoms with Crippen molar-refractivity contribution in [3.8, 4) is 6.07 Å². The van der Waals surface area contributed by atoms with Crippen LogP contribution >= 0.6 is 0 Å². The molecule has 2 heterocycles. The number of amides is 1. The lowest BCUT2D eigenvalue weighted by atomic mass is 9.99. The van der Waals surface area contributed by atoms with Gasteiger partial charge in [0, 0.05) is 13.1 Å². The number of piperidine rings is 1. The number of hydrogen-bond acceptors (Lipinski definition) is 3. The maximum Gasteiger partial charge on any atom is 0.272 e. The van der Waals surface area contributed by atoms with Gasteiger partial charge >= 0.3 is 0 Å². The molecule has 1 amide bonds. The number of rotatable bonds is 1. The standard InChI is InChI=1S/C12H12FN3O/c13-11-5-1-4-10(15-11)12(17)16-6-2-3-9(7-14)8-16/h1,4-5,9H,2-3,6,8H2. The largest absolute Gasteiger partial charge is 0.336 e. The highest BCUT2D eigenvalue weighted by atomic mass is 19.1. The van der Waals surface area contributed by atoms with E-state index in [1.165, 1.54) is 18.2 Å². The molecular formula is C12H12FN3O. The van der Waals surface area contributed by atoms with Gasteiger partial charge in [0.25, 0.3) is 5.91 Å². The Balaban J connectivity index is 2.12. The molecule has 1 saturated heterocycles. The van der Waals surface area contributed by atoms with Crippen molar-refractivity contribution in [1.29, 1.82) is 5.26 Å². The summed E-state index contributed by atoms with van der Waals surface area (Å²) in [4.78, 5) is 17.1. The van der Waals surface area contributed by atoms with Crippen molar-refractivity contribution in [1.82, 2.24) is 9.88 Å². The fourth-order valence-electron chi connectivity index (χ4n) is 1.96. The van der Waals surface area contributed by atoms with Crippen LogP contribution in [-0.2, 0) is 0 Å². The number of nitriles is 1. The average Bonchev–Trinajstić information content (AvgIpc) is 2.38. The van der Waals surface area contributed by atoms with Crippen molar-refractivity contribution in [2.24, 2.45) is 5.92 Å². The molecule has 1 atom stereocenters. The van der Waals surface area contributed by atoms with Gasteiger partial charge in [-0.2, -0.15) is 9.65 Å². The topological polar surface area (TPSA) is 57.0 Å². The molecule has 5 heteroatoms. The zero-order valence-electron chi connectivity index (χ0n) is 9.27. The van der Waals surface area contributed by atoms with E-state index in [4.69, 9.17) is 5.26 Å². The first-order chi connectivity index (χ1) is 8.20. The van der Waals surface area contributed by atoms with Crippen LogP contribution in [0.25, 0.3) is 0 Å². The number of pyridine rings is 1. The summed E-state index contributed by atoms with van der Waals surface area (Å²) in [5.41, 5.74) is 0.101. The molecule has 88 valence electrons. The molecule has 0 N–H and O–H groups in total. The van der Waals surface area contributed by atoms with Crippen LogP contribution in [-0.4, -0.2) is 28.9 Å². The van der Waals surface area contributed by atoms with Crippen LogP contribution in [0.4, 0.5) is 4.39 Å². The fraction of sp³-hybridized carbons (Fsp3) is 0.417. The Morgan fingerprint density at radius 2 is 2.41 bits per heavy atom. The van der Waals surface area contributed by atoms with Crippen LogP contribution in [0, 0.1) is 23.2 Å². The summed E-state index contributed by atoms with van der Waals surface area (Å²) in [6, 6.07) is 6.31. The molecule has 1 aromatic heterocycles. The summed E-state index contributed by atoms with van der Waals surface area (Å²) in [5, 5.41) is 8.84. The van der Waals surface area contributed by atoms with Gasteiger partial charge in [-0.15, -0.1) is 0 Å². The molecule has 2 rings (SSSR count). The minimum atomic E-state index is -0.662. The quantitative estimate of drug-likeness (QED) is 0.692. The molecule has 0 spiro atoms. The Morgan fingerprint density at radius 3 is 3.12 bits per heavy atom. The number of carbonyl (C=O) groups is 1. The third-order valence-corrected chi connectivity index (χ3v) is 2.83. The second kappa shape index (κ2) is 4.91. The predicted molar refractivity (Wildman–Crippen MR) is 58.4 cm³/mol. The zero-order valence-corrected chi connectivity index (χ0v) is 9.27. The van der Waals surface area contributed by atoms with Gasteiger partial charge in [-0.25, -0.2) is 4.98 Å². The predicted octanol–water partition coefficient (Wildman–Crippen LogP) is 1.60. The summed E-state index contributed by atoms with van der Waals surface area (Å²) in [7, 11) is 0. The van der Waals surface area contributed by atoms with Gasteiger partial charge < -0.3 is 4.90 Å². The Bertz CT molecular complexity index is 469. The van der Waals surface area contributed by atoms with Gasteiger partial charge in [0.2, 0.25) is 5.95 Å². The van der Waals surface area contributed by atoms with Gasteiger partial charge in [0.05, 0.1) is 12.0 Å². The van der Waals surface area contributed by atoms with E-state index in [0.29, 0.717) is 13.1 Å². The van der Waals surface area contributed by atoms with E-state index >= 15 is 0 Å². The molecule has 0 aliphatic carbocycles. The summed E-state index contributed by atoms with van der Waals surface area (Å²) < 4.78 is 12.9. The molecule has 0 aromatic carbocycles. The summed E-state index contributed by atoms with van der Waals surface area (Å²) >= 11 is 0. The van der Waals surface area contributed by atoms with E-state index in [2.05, 4.69) is 11.1 Å². The van der Waals surface area contributed by atoms with E-state index in [0.717, 1.165) is 12.8 Å². The number of nitrogens with zero attached hydrogens (tertiary/aromatic N) is 3. The van der Waals surface area contributed by atoms with E-state index in [9.17, 15) is 9.18 Å². The highest BCUT2D eigenvalue weighted by Gasteiger charge is 2.25. The molecule has 1 fully saturated rings. The molecule has 1 aliphatic heterocycles. The molecule has 0 radical (unpaired) electrons. The minimum Gasteiger partial charge on any atom is -0.336 e. The third-order valence-electron chi connectivity index (χ3n) is 2.83. The van der Waals surface area contributed by atoms with Crippen molar-refractivity contribution >= 4 is 5.91 Å². The van der Waals surface area contributed by atoms with Gasteiger partial charge in [0.15, 0.2) is 0 Å². The number of hydrogen-bond donors (Lipinski definition) is 0. The zero-order chi connectivity index (χ0) is 12.3. The van der Waals surface area contributed by atoms with E-state index < -0.39 is 5.95 Å². The lowest BCUT2D eigenvalue weighted by Gasteiger charge is -2.29. The van der Waals surface area contributed by atoms with E-state index in [-0.39, 0.29) is 17.5 Å². The molecule has 17 heavy (non-hydrogen) atoms. The second-order valence-electron chi connectivity index (χ2n) is 4.06. The molecule has 1 unspecified atom stereocenters. The Morgan fingerprint density at radius 1 is 1.59 bits per heavy atom. The Kier molecular flexibility index (Phi) is 3.33. The normalized spacial score (nSPS) is 19.8. The van der Waals surface area contributed by atoms with Gasteiger partial charge in [-0.05, 0) is 25.0 Å². The maximum absolute atomic E-state index is 12.9. The maximum atomic E-state index is 12.9. The van der Waals surface area contributed by atoms with E-state index in [1.54, 1.807) is 4.90 Å². The highest BCUT2D eigenvalue weighted by molar-refractivity contribution is 5.92. The van der Waals surface area contributed by atoms with Gasteiger partial charge in [-0.1, -0.05) is 6.07 Å². The fourth-order valence-corrected chi connectivity index (χ4v) is 1.96. The molecule has 1 aliphatic rings. The van der Waals surface area contributed by atoms with Crippen LogP contribution in [0.1, 0.15) is 23.3 Å². The van der Waals surface area contributed by atoms with Crippen LogP contribution in [0.5, 0.6) is 0 Å². The van der Waals surface area contributed by atoms with Crippen LogP contribution in [0.3, 0.4) is 0 Å². The number of aromatic nitrogens is 1. The monoisotopic (exact) mass is 233 g/mol. The summed E-state index contributed by atoms with van der Waals surface area (Å²) in [6.45, 7) is 1.02. The molecular weight excluding hydrogens is 221 g/mol. The summed E-state index contributed by atoms with van der Waals surface area (Å²) in [6.07, 6.45) is 1.62. The first-order valence-corrected chi connectivity index (χ1v) is 5.52. The third kappa shape index (κ3) is 2.59. The van der Waals surface area contributed by atoms with Crippen LogP contribution in [0.2, 0.25) is 0 Å². The van der Waals surface area contributed by atoms with Gasteiger partial charge in [-0.3, -0.25) is 4.79 Å². The minimum absolute atomic E-state index is 0.101. The first-order valence-electron chi connectivity index (χ1n) is 5.52. The van der Waals surface area contributed by atoms with Crippen molar-refractivity contribution < 1.29 is 9.18 Å². The summed E-state index contributed by atoms with van der Waals surface area (Å²) in [5.74, 6) is -1.09. The van der Waals surface area contributed by atoms with E-state index in [1.807, 2.05) is 0 Å². The van der Waals surface area contributed by atoms with Gasteiger partial charge in [0.1, 0.15) is 5.69 Å². The number of carbonyl (C=O) groups excluding carboxylic acids is 1. The smallest absolute Gasteiger partial charge is 0.272 e. The highest BCUT2D eigenvalue weighted by Crippen LogP contribution is 2.17. The number of halogens is 1. The SMILES string of the molecule is N#CC1CCCN(C(=O)c2cccc(F)n2)C1. The second-order valence-corrected chi connectivity index (χ2v) is 4.06. The lowest BCUT2D eigenvalue weighted by Crippen LogP contribution is -2.39. The van der Waals surface area contributed by atoms with Crippen LogP contribution < -0.4 is 0 Å². The van der Waals surface area contributed by atoms with Crippen molar-refractivity contribution in [2.75, 3.05) is 13.1 Å². The molecule has 0 saturated carbocycles.